The van der Waals surface area contributed by atoms with E-state index < -0.39 is 0 Å². The summed E-state index contributed by atoms with van der Waals surface area (Å²) in [5.74, 6) is 2.22. The number of hydrogen-bond acceptors (Lipinski definition) is 5. The molecule has 26 heavy (non-hydrogen) atoms. The number of benzene rings is 2. The van der Waals surface area contributed by atoms with Gasteiger partial charge in [-0.15, -0.1) is 11.8 Å². The highest BCUT2D eigenvalue weighted by Gasteiger charge is 2.30. The van der Waals surface area contributed by atoms with E-state index in [1.807, 2.05) is 36.4 Å². The molecule has 134 valence electrons. The predicted octanol–water partition coefficient (Wildman–Crippen LogP) is 3.50. The third-order valence-electron chi connectivity index (χ3n) is 4.37. The van der Waals surface area contributed by atoms with Gasteiger partial charge < -0.3 is 19.5 Å². The second kappa shape index (κ2) is 7.33. The Morgan fingerprint density at radius 3 is 2.69 bits per heavy atom. The van der Waals surface area contributed by atoms with Crippen LogP contribution in [0.15, 0.2) is 59.2 Å². The molecule has 0 spiro atoms. The van der Waals surface area contributed by atoms with Crippen LogP contribution in [0.5, 0.6) is 11.5 Å². The van der Waals surface area contributed by atoms with E-state index in [0.717, 1.165) is 23.5 Å². The van der Waals surface area contributed by atoms with E-state index in [1.165, 1.54) is 17.3 Å². The number of aryl methyl sites for hydroxylation is 1. The molecule has 0 saturated carbocycles. The van der Waals surface area contributed by atoms with Gasteiger partial charge in [-0.3, -0.25) is 4.79 Å². The van der Waals surface area contributed by atoms with Gasteiger partial charge in [-0.25, -0.2) is 0 Å². The summed E-state index contributed by atoms with van der Waals surface area (Å²) in [6.45, 7) is 0.912. The van der Waals surface area contributed by atoms with Crippen molar-refractivity contribution >= 4 is 17.7 Å². The van der Waals surface area contributed by atoms with Crippen LogP contribution < -0.4 is 9.47 Å². The number of amides is 1. The van der Waals surface area contributed by atoms with Crippen LogP contribution in [0.3, 0.4) is 0 Å². The number of thioether (sulfide) groups is 1. The molecule has 1 amide bonds. The highest BCUT2D eigenvalue weighted by atomic mass is 32.2. The van der Waals surface area contributed by atoms with E-state index in [0.29, 0.717) is 17.2 Å². The maximum Gasteiger partial charge on any atom is 0.264 e. The molecule has 0 saturated heterocycles. The molecular formula is C20H19NO4S. The molecule has 1 N–H and O–H groups in total. The molecule has 6 heteroatoms. The lowest BCUT2D eigenvalue weighted by atomic mass is 10.2. The molecule has 0 unspecified atom stereocenters. The lowest BCUT2D eigenvalue weighted by molar-refractivity contribution is -0.125. The standard InChI is InChI=1S/C20H19NO4S/c22-16-12-21(11-15-6-7-17-18(10-15)25-13-24-17)20(23)19(16)26-9-8-14-4-2-1-3-5-14/h1-7,10,22H,8-9,11-13H2. The predicted molar refractivity (Wildman–Crippen MR) is 100 cm³/mol. The summed E-state index contributed by atoms with van der Waals surface area (Å²) < 4.78 is 10.7. The lowest BCUT2D eigenvalue weighted by Gasteiger charge is -2.16. The van der Waals surface area contributed by atoms with E-state index in [4.69, 9.17) is 9.47 Å². The zero-order valence-electron chi connectivity index (χ0n) is 14.2. The van der Waals surface area contributed by atoms with Crippen LogP contribution in [0.2, 0.25) is 0 Å². The Morgan fingerprint density at radius 1 is 1.04 bits per heavy atom. The van der Waals surface area contributed by atoms with Crippen LogP contribution in [0.4, 0.5) is 0 Å². The Labute approximate surface area is 156 Å². The van der Waals surface area contributed by atoms with Crippen molar-refractivity contribution in [3.05, 3.63) is 70.3 Å². The largest absolute Gasteiger partial charge is 0.509 e. The second-order valence-electron chi connectivity index (χ2n) is 6.21. The van der Waals surface area contributed by atoms with Gasteiger partial charge in [0.1, 0.15) is 10.7 Å². The van der Waals surface area contributed by atoms with Crippen LogP contribution in [-0.4, -0.2) is 35.0 Å². The van der Waals surface area contributed by atoms with Gasteiger partial charge in [0.25, 0.3) is 5.91 Å². The molecule has 0 bridgehead atoms. The number of fused-ring (bicyclic) bond motifs is 1. The molecule has 0 fully saturated rings. The fraction of sp³-hybridized carbons (Fsp3) is 0.250. The van der Waals surface area contributed by atoms with E-state index in [-0.39, 0.29) is 25.0 Å². The summed E-state index contributed by atoms with van der Waals surface area (Å²) in [7, 11) is 0. The Hall–Kier alpha value is -2.60. The molecule has 2 aromatic carbocycles. The minimum atomic E-state index is -0.113. The van der Waals surface area contributed by atoms with E-state index in [1.54, 1.807) is 4.90 Å². The van der Waals surface area contributed by atoms with Crippen LogP contribution >= 0.6 is 11.8 Å². The third kappa shape index (κ3) is 3.51. The van der Waals surface area contributed by atoms with E-state index in [2.05, 4.69) is 12.1 Å². The van der Waals surface area contributed by atoms with Crippen molar-refractivity contribution in [1.29, 1.82) is 0 Å². The van der Waals surface area contributed by atoms with Gasteiger partial charge in [-0.2, -0.15) is 0 Å². The van der Waals surface area contributed by atoms with Crippen LogP contribution in [0, 0.1) is 0 Å². The molecule has 0 radical (unpaired) electrons. The molecule has 4 rings (SSSR count). The highest BCUT2D eigenvalue weighted by Crippen LogP contribution is 2.34. The number of aliphatic hydroxyl groups excluding tert-OH is 1. The van der Waals surface area contributed by atoms with Gasteiger partial charge in [0, 0.05) is 12.3 Å². The SMILES string of the molecule is O=C1C(SCCc2ccccc2)=C(O)CN1Cc1ccc2c(c1)OCO2. The van der Waals surface area contributed by atoms with Crippen molar-refractivity contribution in [3.63, 3.8) is 0 Å². The van der Waals surface area contributed by atoms with Crippen molar-refractivity contribution in [1.82, 2.24) is 4.90 Å². The number of aliphatic hydroxyl groups is 1. The number of carbonyl (C=O) groups excluding carboxylic acids is 1. The van der Waals surface area contributed by atoms with Crippen LogP contribution in [-0.2, 0) is 17.8 Å². The molecule has 2 aromatic rings. The molecule has 0 atom stereocenters. The zero-order chi connectivity index (χ0) is 17.9. The van der Waals surface area contributed by atoms with Gasteiger partial charge in [-0.1, -0.05) is 36.4 Å². The second-order valence-corrected chi connectivity index (χ2v) is 7.31. The number of hydrogen-bond donors (Lipinski definition) is 1. The Kier molecular flexibility index (Phi) is 4.75. The normalized spacial score (nSPS) is 15.8. The summed E-state index contributed by atoms with van der Waals surface area (Å²) in [6.07, 6.45) is 0.859. The maximum atomic E-state index is 12.6. The minimum absolute atomic E-state index is 0.113. The fourth-order valence-corrected chi connectivity index (χ4v) is 4.07. The molecular weight excluding hydrogens is 350 g/mol. The monoisotopic (exact) mass is 369 g/mol. The number of carbonyl (C=O) groups is 1. The summed E-state index contributed by atoms with van der Waals surface area (Å²) in [5, 5.41) is 10.2. The number of nitrogens with zero attached hydrogens (tertiary/aromatic N) is 1. The lowest BCUT2D eigenvalue weighted by Crippen LogP contribution is -2.26. The van der Waals surface area contributed by atoms with Crippen molar-refractivity contribution in [2.45, 2.75) is 13.0 Å². The van der Waals surface area contributed by atoms with Crippen molar-refractivity contribution < 1.29 is 19.4 Å². The highest BCUT2D eigenvalue weighted by molar-refractivity contribution is 8.04. The molecule has 5 nitrogen and oxygen atoms in total. The quantitative estimate of drug-likeness (QED) is 0.844. The summed E-state index contributed by atoms with van der Waals surface area (Å²) >= 11 is 1.42. The first-order valence-corrected chi connectivity index (χ1v) is 9.46. The van der Waals surface area contributed by atoms with Gasteiger partial charge >= 0.3 is 0 Å². The molecule has 2 aliphatic rings. The average Bonchev–Trinajstić information content (AvgIpc) is 3.22. The first-order valence-electron chi connectivity index (χ1n) is 8.47. The van der Waals surface area contributed by atoms with E-state index >= 15 is 0 Å². The van der Waals surface area contributed by atoms with Crippen molar-refractivity contribution in [3.8, 4) is 11.5 Å². The molecule has 2 heterocycles. The average molecular weight is 369 g/mol. The topological polar surface area (TPSA) is 59.0 Å². The number of rotatable bonds is 6. The molecule has 2 aliphatic heterocycles. The Balaban J connectivity index is 1.35. The molecule has 0 aromatic heterocycles. The Bertz CT molecular complexity index is 850. The summed E-state index contributed by atoms with van der Waals surface area (Å²) in [6, 6.07) is 15.8. The summed E-state index contributed by atoms with van der Waals surface area (Å²) in [4.78, 5) is 14.7. The number of ether oxygens (including phenoxy) is 2. The van der Waals surface area contributed by atoms with E-state index in [9.17, 15) is 9.90 Å². The molecule has 0 aliphatic carbocycles. The first-order chi connectivity index (χ1) is 12.7. The first kappa shape index (κ1) is 16.8. The summed E-state index contributed by atoms with van der Waals surface area (Å²) in [5.41, 5.74) is 2.17. The minimum Gasteiger partial charge on any atom is -0.509 e. The van der Waals surface area contributed by atoms with Gasteiger partial charge in [-0.05, 0) is 29.7 Å². The fourth-order valence-electron chi connectivity index (χ4n) is 3.04. The van der Waals surface area contributed by atoms with Crippen LogP contribution in [0.1, 0.15) is 11.1 Å². The third-order valence-corrected chi connectivity index (χ3v) is 5.48. The van der Waals surface area contributed by atoms with Gasteiger partial charge in [0.15, 0.2) is 11.5 Å². The van der Waals surface area contributed by atoms with Crippen LogP contribution in [0.25, 0.3) is 0 Å². The van der Waals surface area contributed by atoms with Crippen molar-refractivity contribution in [2.24, 2.45) is 0 Å². The zero-order valence-corrected chi connectivity index (χ0v) is 15.0. The maximum absolute atomic E-state index is 12.6. The van der Waals surface area contributed by atoms with Gasteiger partial charge in [0.05, 0.1) is 6.54 Å². The van der Waals surface area contributed by atoms with Crippen molar-refractivity contribution in [2.75, 3.05) is 19.1 Å². The Morgan fingerprint density at radius 2 is 1.85 bits per heavy atom. The smallest absolute Gasteiger partial charge is 0.264 e. The van der Waals surface area contributed by atoms with Gasteiger partial charge in [0.2, 0.25) is 6.79 Å².